The summed E-state index contributed by atoms with van der Waals surface area (Å²) in [6, 6.07) is 9.62. The third kappa shape index (κ3) is 4.64. The molecule has 0 unspecified atom stereocenters. The number of hydrogen-bond acceptors (Lipinski definition) is 5. The molecular formula is C18H25N5O2. The van der Waals surface area contributed by atoms with E-state index < -0.39 is 0 Å². The highest BCUT2D eigenvalue weighted by Crippen LogP contribution is 2.10. The number of carbonyl (C=O) groups is 1. The molecular weight excluding hydrogens is 318 g/mol. The smallest absolute Gasteiger partial charge is 0.276 e. The standard InChI is InChI=1S/C18H25N5O2/c1-25-14-6-10-21-9-5-11-22(13-12-21)18(24)17-15-19-23(20-17)16-7-3-2-4-8-16/h2-4,7-8,15H,5-6,9-14H2,1H3. The molecule has 0 N–H and O–H groups in total. The summed E-state index contributed by atoms with van der Waals surface area (Å²) < 4.78 is 5.11. The first-order chi connectivity index (χ1) is 12.3. The monoisotopic (exact) mass is 343 g/mol. The van der Waals surface area contributed by atoms with Crippen molar-refractivity contribution in [1.82, 2.24) is 24.8 Å². The Morgan fingerprint density at radius 1 is 1.16 bits per heavy atom. The van der Waals surface area contributed by atoms with Gasteiger partial charge in [-0.15, -0.1) is 5.10 Å². The number of nitrogens with zero attached hydrogens (tertiary/aromatic N) is 5. The first-order valence-corrected chi connectivity index (χ1v) is 8.76. The second kappa shape index (κ2) is 8.73. The lowest BCUT2D eigenvalue weighted by atomic mass is 10.3. The molecule has 1 amide bonds. The predicted octanol–water partition coefficient (Wildman–Crippen LogP) is 1.45. The van der Waals surface area contributed by atoms with E-state index in [4.69, 9.17) is 4.74 Å². The van der Waals surface area contributed by atoms with Crippen molar-refractivity contribution in [3.8, 4) is 5.69 Å². The van der Waals surface area contributed by atoms with Crippen LogP contribution in [0.3, 0.4) is 0 Å². The highest BCUT2D eigenvalue weighted by Gasteiger charge is 2.22. The second-order valence-corrected chi connectivity index (χ2v) is 6.19. The molecule has 1 aliphatic heterocycles. The Hall–Kier alpha value is -2.25. The van der Waals surface area contributed by atoms with Gasteiger partial charge in [0.25, 0.3) is 5.91 Å². The molecule has 7 heteroatoms. The Morgan fingerprint density at radius 2 is 2.00 bits per heavy atom. The number of rotatable bonds is 6. The Bertz CT molecular complexity index is 673. The number of benzene rings is 1. The minimum atomic E-state index is -0.0408. The van der Waals surface area contributed by atoms with Crippen LogP contribution in [-0.2, 0) is 4.74 Å². The molecule has 0 radical (unpaired) electrons. The van der Waals surface area contributed by atoms with E-state index in [0.717, 1.165) is 57.9 Å². The van der Waals surface area contributed by atoms with Crippen LogP contribution in [0.1, 0.15) is 23.3 Å². The number of para-hydroxylation sites is 1. The van der Waals surface area contributed by atoms with Crippen LogP contribution in [0.4, 0.5) is 0 Å². The molecule has 7 nitrogen and oxygen atoms in total. The normalized spacial score (nSPS) is 16.0. The van der Waals surface area contributed by atoms with Crippen LogP contribution in [0.15, 0.2) is 36.5 Å². The molecule has 2 heterocycles. The maximum Gasteiger partial charge on any atom is 0.276 e. The van der Waals surface area contributed by atoms with E-state index in [1.54, 1.807) is 13.3 Å². The van der Waals surface area contributed by atoms with Crippen molar-refractivity contribution in [2.45, 2.75) is 12.8 Å². The molecule has 1 aromatic heterocycles. The summed E-state index contributed by atoms with van der Waals surface area (Å²) in [6.07, 6.45) is 3.55. The number of ether oxygens (including phenoxy) is 1. The van der Waals surface area contributed by atoms with Crippen molar-refractivity contribution in [3.05, 3.63) is 42.2 Å². The van der Waals surface area contributed by atoms with Gasteiger partial charge in [0.05, 0.1) is 11.9 Å². The summed E-state index contributed by atoms with van der Waals surface area (Å²) in [4.78, 5) is 18.5. The summed E-state index contributed by atoms with van der Waals surface area (Å²) >= 11 is 0. The largest absolute Gasteiger partial charge is 0.385 e. The lowest BCUT2D eigenvalue weighted by Gasteiger charge is -2.21. The van der Waals surface area contributed by atoms with E-state index in [0.29, 0.717) is 5.69 Å². The van der Waals surface area contributed by atoms with Gasteiger partial charge in [-0.2, -0.15) is 9.90 Å². The Kier molecular flexibility index (Phi) is 6.14. The second-order valence-electron chi connectivity index (χ2n) is 6.19. The summed E-state index contributed by atoms with van der Waals surface area (Å²) in [5.41, 5.74) is 1.25. The molecule has 1 saturated heterocycles. The topological polar surface area (TPSA) is 63.5 Å². The Labute approximate surface area is 148 Å². The van der Waals surface area contributed by atoms with E-state index in [1.807, 2.05) is 35.2 Å². The number of hydrogen-bond donors (Lipinski definition) is 0. The van der Waals surface area contributed by atoms with Gasteiger partial charge in [0.2, 0.25) is 0 Å². The zero-order valence-electron chi connectivity index (χ0n) is 14.7. The van der Waals surface area contributed by atoms with Crippen LogP contribution >= 0.6 is 0 Å². The molecule has 1 aromatic carbocycles. The average Bonchev–Trinajstić information content (AvgIpc) is 3.03. The SMILES string of the molecule is COCCCN1CCCN(C(=O)c2cnn(-c3ccccc3)n2)CC1. The van der Waals surface area contributed by atoms with Crippen molar-refractivity contribution < 1.29 is 9.53 Å². The Balaban J connectivity index is 1.59. The molecule has 0 atom stereocenters. The molecule has 25 heavy (non-hydrogen) atoms. The van der Waals surface area contributed by atoms with E-state index in [-0.39, 0.29) is 5.91 Å². The maximum atomic E-state index is 12.7. The van der Waals surface area contributed by atoms with Gasteiger partial charge >= 0.3 is 0 Å². The fourth-order valence-corrected chi connectivity index (χ4v) is 3.04. The van der Waals surface area contributed by atoms with E-state index in [9.17, 15) is 4.79 Å². The molecule has 0 bridgehead atoms. The van der Waals surface area contributed by atoms with Crippen molar-refractivity contribution in [3.63, 3.8) is 0 Å². The zero-order valence-corrected chi connectivity index (χ0v) is 14.7. The molecule has 1 fully saturated rings. The summed E-state index contributed by atoms with van der Waals surface area (Å²) in [5.74, 6) is -0.0408. The van der Waals surface area contributed by atoms with Crippen LogP contribution in [-0.4, -0.2) is 77.1 Å². The van der Waals surface area contributed by atoms with Crippen molar-refractivity contribution in [2.24, 2.45) is 0 Å². The van der Waals surface area contributed by atoms with E-state index in [1.165, 1.54) is 4.80 Å². The lowest BCUT2D eigenvalue weighted by Crippen LogP contribution is -2.35. The predicted molar refractivity (Wildman–Crippen MR) is 94.8 cm³/mol. The number of amides is 1. The van der Waals surface area contributed by atoms with Gasteiger partial charge in [-0.3, -0.25) is 4.79 Å². The summed E-state index contributed by atoms with van der Waals surface area (Å²) in [6.45, 7) is 5.19. The van der Waals surface area contributed by atoms with Gasteiger partial charge in [0, 0.05) is 39.9 Å². The lowest BCUT2D eigenvalue weighted by molar-refractivity contribution is 0.0754. The Morgan fingerprint density at radius 3 is 2.80 bits per heavy atom. The minimum absolute atomic E-state index is 0.0408. The van der Waals surface area contributed by atoms with Crippen LogP contribution in [0.25, 0.3) is 5.69 Å². The van der Waals surface area contributed by atoms with Crippen LogP contribution in [0, 0.1) is 0 Å². The highest BCUT2D eigenvalue weighted by atomic mass is 16.5. The minimum Gasteiger partial charge on any atom is -0.385 e. The van der Waals surface area contributed by atoms with Crippen molar-refractivity contribution in [1.29, 1.82) is 0 Å². The van der Waals surface area contributed by atoms with Gasteiger partial charge in [-0.25, -0.2) is 0 Å². The van der Waals surface area contributed by atoms with Crippen molar-refractivity contribution in [2.75, 3.05) is 46.4 Å². The molecule has 134 valence electrons. The van der Waals surface area contributed by atoms with E-state index >= 15 is 0 Å². The average molecular weight is 343 g/mol. The molecule has 3 rings (SSSR count). The van der Waals surface area contributed by atoms with Gasteiger partial charge < -0.3 is 14.5 Å². The van der Waals surface area contributed by atoms with Crippen molar-refractivity contribution >= 4 is 5.91 Å². The molecule has 0 saturated carbocycles. The highest BCUT2D eigenvalue weighted by molar-refractivity contribution is 5.92. The molecule has 1 aliphatic rings. The van der Waals surface area contributed by atoms with Gasteiger partial charge in [0.15, 0.2) is 5.69 Å². The third-order valence-electron chi connectivity index (χ3n) is 4.40. The van der Waals surface area contributed by atoms with Crippen LogP contribution in [0.2, 0.25) is 0 Å². The molecule has 0 spiro atoms. The summed E-state index contributed by atoms with van der Waals surface area (Å²) in [5, 5.41) is 8.57. The number of carbonyl (C=O) groups excluding carboxylic acids is 1. The first-order valence-electron chi connectivity index (χ1n) is 8.76. The third-order valence-corrected chi connectivity index (χ3v) is 4.40. The maximum absolute atomic E-state index is 12.7. The quantitative estimate of drug-likeness (QED) is 0.743. The zero-order chi connectivity index (χ0) is 17.5. The van der Waals surface area contributed by atoms with Crippen LogP contribution < -0.4 is 0 Å². The van der Waals surface area contributed by atoms with E-state index in [2.05, 4.69) is 15.1 Å². The number of aromatic nitrogens is 3. The fraction of sp³-hybridized carbons (Fsp3) is 0.500. The molecule has 0 aliphatic carbocycles. The van der Waals surface area contributed by atoms with Gasteiger partial charge in [0.1, 0.15) is 0 Å². The fourth-order valence-electron chi connectivity index (χ4n) is 3.04. The first kappa shape index (κ1) is 17.6. The van der Waals surface area contributed by atoms with Gasteiger partial charge in [-0.1, -0.05) is 18.2 Å². The number of methoxy groups -OCH3 is 1. The van der Waals surface area contributed by atoms with Gasteiger partial charge in [-0.05, 0) is 31.5 Å². The molecule has 2 aromatic rings. The van der Waals surface area contributed by atoms with Crippen LogP contribution in [0.5, 0.6) is 0 Å². The summed E-state index contributed by atoms with van der Waals surface area (Å²) in [7, 11) is 1.73.